The molecule has 0 saturated heterocycles. The lowest BCUT2D eigenvalue weighted by Gasteiger charge is -2.07. The number of aromatic nitrogens is 1. The topological polar surface area (TPSA) is 48.3 Å². The third-order valence-electron chi connectivity index (χ3n) is 4.04. The lowest BCUT2D eigenvalue weighted by molar-refractivity contribution is 0.0963. The van der Waals surface area contributed by atoms with E-state index < -0.39 is 0 Å². The second-order valence-corrected chi connectivity index (χ2v) is 5.67. The summed E-state index contributed by atoms with van der Waals surface area (Å²) >= 11 is 5.76. The molecule has 0 radical (unpaired) electrons. The number of hydrogen-bond donors (Lipinski definition) is 0. The van der Waals surface area contributed by atoms with Crippen molar-refractivity contribution in [3.05, 3.63) is 65.4 Å². The fraction of sp³-hybridized carbons (Fsp3) is 0.158. The smallest absolute Gasteiger partial charge is 0.262 e. The van der Waals surface area contributed by atoms with Crippen LogP contribution in [-0.2, 0) is 0 Å². The van der Waals surface area contributed by atoms with Crippen LogP contribution in [0.1, 0.15) is 26.4 Å². The van der Waals surface area contributed by atoms with E-state index in [9.17, 15) is 9.59 Å². The Morgan fingerprint density at radius 2 is 1.83 bits per heavy atom. The molecule has 4 nitrogen and oxygen atoms in total. The quantitative estimate of drug-likeness (QED) is 0.531. The Morgan fingerprint density at radius 1 is 1.12 bits per heavy atom. The molecule has 0 amide bonds. The summed E-state index contributed by atoms with van der Waals surface area (Å²) < 4.78 is 6.81. The van der Waals surface area contributed by atoms with E-state index in [1.54, 1.807) is 48.9 Å². The average Bonchev–Trinajstić information content (AvgIpc) is 2.92. The molecule has 3 aromatic rings. The maximum absolute atomic E-state index is 12.9. The molecule has 0 aliphatic carbocycles. The van der Waals surface area contributed by atoms with Crippen LogP contribution >= 0.6 is 11.6 Å². The minimum absolute atomic E-state index is 0.142. The van der Waals surface area contributed by atoms with Gasteiger partial charge < -0.3 is 4.74 Å². The van der Waals surface area contributed by atoms with Crippen molar-refractivity contribution in [3.8, 4) is 5.75 Å². The summed E-state index contributed by atoms with van der Waals surface area (Å²) in [7, 11) is 1.56. The van der Waals surface area contributed by atoms with Crippen LogP contribution in [0.2, 0.25) is 0 Å². The number of carbonyl (C=O) groups excluding carboxylic acids is 2. The van der Waals surface area contributed by atoms with Crippen LogP contribution in [0.15, 0.2) is 48.5 Å². The number of alkyl halides is 1. The van der Waals surface area contributed by atoms with E-state index in [2.05, 4.69) is 0 Å². The molecular formula is C19H16ClNO3. The van der Waals surface area contributed by atoms with Gasteiger partial charge in [0.15, 0.2) is 5.78 Å². The molecule has 0 aliphatic heterocycles. The molecule has 5 heteroatoms. The van der Waals surface area contributed by atoms with E-state index in [0.29, 0.717) is 33.5 Å². The van der Waals surface area contributed by atoms with Crippen LogP contribution < -0.4 is 4.74 Å². The summed E-state index contributed by atoms with van der Waals surface area (Å²) in [4.78, 5) is 25.3. The van der Waals surface area contributed by atoms with Gasteiger partial charge in [0.25, 0.3) is 5.91 Å². The minimum atomic E-state index is -0.216. The van der Waals surface area contributed by atoms with Gasteiger partial charge in [0.2, 0.25) is 0 Å². The molecule has 0 fully saturated rings. The summed E-state index contributed by atoms with van der Waals surface area (Å²) in [5.74, 6) is 0.0795. The fourth-order valence-corrected chi connectivity index (χ4v) is 3.05. The summed E-state index contributed by atoms with van der Waals surface area (Å²) in [5.41, 5.74) is 2.26. The summed E-state index contributed by atoms with van der Waals surface area (Å²) in [6, 6.07) is 14.3. The first-order valence-electron chi connectivity index (χ1n) is 7.46. The number of carbonyl (C=O) groups is 2. The highest BCUT2D eigenvalue weighted by molar-refractivity contribution is 6.32. The van der Waals surface area contributed by atoms with Crippen molar-refractivity contribution in [2.24, 2.45) is 0 Å². The lowest BCUT2D eigenvalue weighted by atomic mass is 10.1. The van der Waals surface area contributed by atoms with E-state index in [1.807, 2.05) is 18.2 Å². The number of ether oxygens (including phenoxy) is 1. The largest absolute Gasteiger partial charge is 0.497 e. The molecule has 0 spiro atoms. The molecule has 1 heterocycles. The summed E-state index contributed by atoms with van der Waals surface area (Å²) in [5, 5.41) is 0.668. The predicted molar refractivity (Wildman–Crippen MR) is 94.4 cm³/mol. The van der Waals surface area contributed by atoms with Crippen molar-refractivity contribution in [1.29, 1.82) is 0 Å². The molecule has 24 heavy (non-hydrogen) atoms. The maximum atomic E-state index is 12.9. The molecule has 0 aliphatic rings. The van der Waals surface area contributed by atoms with Crippen LogP contribution in [0.5, 0.6) is 5.75 Å². The number of benzene rings is 2. The Labute approximate surface area is 144 Å². The molecule has 0 atom stereocenters. The zero-order valence-electron chi connectivity index (χ0n) is 13.4. The highest BCUT2D eigenvalue weighted by atomic mass is 35.5. The molecule has 1 aromatic heterocycles. The van der Waals surface area contributed by atoms with E-state index in [1.165, 1.54) is 0 Å². The minimum Gasteiger partial charge on any atom is -0.497 e. The fourth-order valence-electron chi connectivity index (χ4n) is 2.92. The predicted octanol–water partition coefficient (Wildman–Crippen LogP) is 4.07. The van der Waals surface area contributed by atoms with Gasteiger partial charge in [-0.25, -0.2) is 0 Å². The van der Waals surface area contributed by atoms with Crippen molar-refractivity contribution < 1.29 is 14.3 Å². The highest BCUT2D eigenvalue weighted by Gasteiger charge is 2.23. The molecule has 0 saturated carbocycles. The number of Topliss-reactive ketones (excluding diaryl/α,β-unsaturated/α-hetero) is 1. The Kier molecular flexibility index (Phi) is 4.40. The number of fused-ring (bicyclic) bond motifs is 1. The first-order chi connectivity index (χ1) is 11.6. The first-order valence-corrected chi connectivity index (χ1v) is 8.00. The van der Waals surface area contributed by atoms with E-state index in [0.717, 1.165) is 0 Å². The second-order valence-electron chi connectivity index (χ2n) is 5.41. The van der Waals surface area contributed by atoms with Crippen molar-refractivity contribution in [2.45, 2.75) is 6.92 Å². The summed E-state index contributed by atoms with van der Waals surface area (Å²) in [6.07, 6.45) is 0. The third-order valence-corrected chi connectivity index (χ3v) is 4.28. The first kappa shape index (κ1) is 16.3. The number of methoxy groups -OCH3 is 1. The number of halogens is 1. The van der Waals surface area contributed by atoms with Crippen LogP contribution in [0.3, 0.4) is 0 Å². The average molecular weight is 342 g/mol. The third kappa shape index (κ3) is 2.59. The normalized spacial score (nSPS) is 10.8. The van der Waals surface area contributed by atoms with E-state index in [-0.39, 0.29) is 17.6 Å². The van der Waals surface area contributed by atoms with Crippen LogP contribution in [0, 0.1) is 6.92 Å². The Morgan fingerprint density at radius 3 is 2.46 bits per heavy atom. The van der Waals surface area contributed by atoms with Crippen LogP contribution in [0.4, 0.5) is 0 Å². The van der Waals surface area contributed by atoms with Gasteiger partial charge in [0, 0.05) is 22.2 Å². The van der Waals surface area contributed by atoms with Gasteiger partial charge in [0.1, 0.15) is 5.75 Å². The van der Waals surface area contributed by atoms with Crippen molar-refractivity contribution in [2.75, 3.05) is 13.0 Å². The SMILES string of the molecule is COc1ccc2c(c1)c(C(=O)CCl)c(C)n2C(=O)c1ccccc1. The van der Waals surface area contributed by atoms with Crippen molar-refractivity contribution in [1.82, 2.24) is 4.57 Å². The van der Waals surface area contributed by atoms with Gasteiger partial charge in [-0.05, 0) is 37.3 Å². The Bertz CT molecular complexity index is 929. The highest BCUT2D eigenvalue weighted by Crippen LogP contribution is 2.30. The van der Waals surface area contributed by atoms with Crippen molar-refractivity contribution in [3.63, 3.8) is 0 Å². The Hall–Kier alpha value is -2.59. The molecule has 0 N–H and O–H groups in total. The van der Waals surface area contributed by atoms with Crippen LogP contribution in [0.25, 0.3) is 10.9 Å². The van der Waals surface area contributed by atoms with Gasteiger partial charge in [-0.1, -0.05) is 18.2 Å². The standard InChI is InChI=1S/C19H16ClNO3/c1-12-18(17(22)11-20)15-10-14(24-2)8-9-16(15)21(12)19(23)13-6-4-3-5-7-13/h3-10H,11H2,1-2H3. The second kappa shape index (κ2) is 6.49. The van der Waals surface area contributed by atoms with E-state index in [4.69, 9.17) is 16.3 Å². The molecular weight excluding hydrogens is 326 g/mol. The number of rotatable bonds is 4. The zero-order chi connectivity index (χ0) is 17.3. The van der Waals surface area contributed by atoms with E-state index >= 15 is 0 Å². The van der Waals surface area contributed by atoms with Gasteiger partial charge in [-0.2, -0.15) is 0 Å². The number of ketones is 1. The van der Waals surface area contributed by atoms with Gasteiger partial charge in [-0.3, -0.25) is 14.2 Å². The zero-order valence-corrected chi connectivity index (χ0v) is 14.1. The van der Waals surface area contributed by atoms with Gasteiger partial charge in [0.05, 0.1) is 18.5 Å². The van der Waals surface area contributed by atoms with Crippen LogP contribution in [-0.4, -0.2) is 29.2 Å². The summed E-state index contributed by atoms with van der Waals surface area (Å²) in [6.45, 7) is 1.76. The van der Waals surface area contributed by atoms with Gasteiger partial charge in [-0.15, -0.1) is 11.6 Å². The monoisotopic (exact) mass is 341 g/mol. The molecule has 122 valence electrons. The molecule has 2 aromatic carbocycles. The molecule has 0 bridgehead atoms. The molecule has 0 unspecified atom stereocenters. The van der Waals surface area contributed by atoms with Crippen molar-refractivity contribution >= 4 is 34.2 Å². The molecule has 3 rings (SSSR count). The number of nitrogens with zero attached hydrogens (tertiary/aromatic N) is 1. The van der Waals surface area contributed by atoms with Gasteiger partial charge >= 0.3 is 0 Å². The lowest BCUT2D eigenvalue weighted by Crippen LogP contribution is -2.14. The maximum Gasteiger partial charge on any atom is 0.262 e. The number of hydrogen-bond acceptors (Lipinski definition) is 3. The Balaban J connectivity index is 2.30.